The van der Waals surface area contributed by atoms with Gasteiger partial charge in [0.25, 0.3) is 5.69 Å². The second kappa shape index (κ2) is 6.29. The Morgan fingerprint density at radius 1 is 1.53 bits per heavy atom. The van der Waals surface area contributed by atoms with Crippen molar-refractivity contribution in [1.82, 2.24) is 0 Å². The van der Waals surface area contributed by atoms with Gasteiger partial charge in [-0.2, -0.15) is 5.26 Å². The normalized spacial score (nSPS) is 11.7. The second-order valence-corrected chi connectivity index (χ2v) is 5.22. The number of rotatable bonds is 4. The Kier molecular flexibility index (Phi) is 5.01. The van der Waals surface area contributed by atoms with Gasteiger partial charge in [0, 0.05) is 6.07 Å². The van der Waals surface area contributed by atoms with Gasteiger partial charge in [0.2, 0.25) is 5.91 Å². The van der Waals surface area contributed by atoms with Gasteiger partial charge < -0.3 is 5.32 Å². The van der Waals surface area contributed by atoms with Crippen molar-refractivity contribution in [2.24, 2.45) is 5.92 Å². The molecule has 1 N–H and O–H groups in total. The third kappa shape index (κ3) is 3.76. The molecule has 0 saturated heterocycles. The van der Waals surface area contributed by atoms with Crippen LogP contribution >= 0.6 is 15.9 Å². The van der Waals surface area contributed by atoms with E-state index in [0.29, 0.717) is 0 Å². The quantitative estimate of drug-likeness (QED) is 0.523. The summed E-state index contributed by atoms with van der Waals surface area (Å²) in [6.45, 7) is 3.71. The summed E-state index contributed by atoms with van der Waals surface area (Å²) in [5, 5.41) is 22.1. The highest BCUT2D eigenvalue weighted by molar-refractivity contribution is 9.10. The molecule has 0 spiro atoms. The average Bonchev–Trinajstić information content (AvgIpc) is 2.37. The molecule has 1 aromatic carbocycles. The molecule has 1 rings (SSSR count). The standard InChI is InChI=1S/C12H12BrN3O3/c1-7(2)11(13)12(17)15-9-4-3-8(6-14)5-10(9)16(18)19/h3-5,7,11H,1-2H3,(H,15,17). The number of nitriles is 1. The second-order valence-electron chi connectivity index (χ2n) is 4.24. The Bertz CT molecular complexity index is 552. The number of anilines is 1. The molecule has 0 aliphatic rings. The van der Waals surface area contributed by atoms with E-state index in [1.165, 1.54) is 12.1 Å². The SMILES string of the molecule is CC(C)C(Br)C(=O)Nc1ccc(C#N)cc1[N+](=O)[O-]. The van der Waals surface area contributed by atoms with Crippen molar-refractivity contribution in [1.29, 1.82) is 5.26 Å². The molecule has 0 heterocycles. The molecule has 100 valence electrons. The van der Waals surface area contributed by atoms with E-state index in [1.807, 2.05) is 19.9 Å². The van der Waals surface area contributed by atoms with Crippen molar-refractivity contribution in [2.75, 3.05) is 5.32 Å². The van der Waals surface area contributed by atoms with Crippen LogP contribution in [0.4, 0.5) is 11.4 Å². The van der Waals surface area contributed by atoms with Crippen LogP contribution in [0.2, 0.25) is 0 Å². The number of nitro groups is 1. The van der Waals surface area contributed by atoms with Crippen LogP contribution in [-0.4, -0.2) is 15.7 Å². The zero-order chi connectivity index (χ0) is 14.6. The number of nitro benzene ring substituents is 1. The summed E-state index contributed by atoms with van der Waals surface area (Å²) >= 11 is 3.22. The maximum absolute atomic E-state index is 11.8. The molecule has 6 nitrogen and oxygen atoms in total. The van der Waals surface area contributed by atoms with Crippen LogP contribution in [0.15, 0.2) is 18.2 Å². The Hall–Kier alpha value is -1.94. The Morgan fingerprint density at radius 3 is 2.63 bits per heavy atom. The van der Waals surface area contributed by atoms with E-state index in [2.05, 4.69) is 21.2 Å². The highest BCUT2D eigenvalue weighted by Crippen LogP contribution is 2.26. The van der Waals surface area contributed by atoms with Gasteiger partial charge in [0.05, 0.1) is 21.4 Å². The molecule has 1 amide bonds. The molecule has 0 aliphatic heterocycles. The zero-order valence-electron chi connectivity index (χ0n) is 10.4. The number of carbonyl (C=O) groups is 1. The minimum absolute atomic E-state index is 0.0532. The summed E-state index contributed by atoms with van der Waals surface area (Å²) < 4.78 is 0. The van der Waals surface area contributed by atoms with Gasteiger partial charge in [0.1, 0.15) is 5.69 Å². The lowest BCUT2D eigenvalue weighted by Gasteiger charge is -2.13. The molecule has 0 fully saturated rings. The minimum atomic E-state index is -0.630. The lowest BCUT2D eigenvalue weighted by molar-refractivity contribution is -0.383. The molecule has 1 aromatic rings. The number of hydrogen-bond donors (Lipinski definition) is 1. The highest BCUT2D eigenvalue weighted by atomic mass is 79.9. The Labute approximate surface area is 118 Å². The van der Waals surface area contributed by atoms with Crippen LogP contribution in [0.3, 0.4) is 0 Å². The van der Waals surface area contributed by atoms with Crippen LogP contribution in [0.25, 0.3) is 0 Å². The fraction of sp³-hybridized carbons (Fsp3) is 0.333. The smallest absolute Gasteiger partial charge is 0.294 e. The van der Waals surface area contributed by atoms with E-state index in [-0.39, 0.29) is 28.8 Å². The van der Waals surface area contributed by atoms with Crippen LogP contribution < -0.4 is 5.32 Å². The van der Waals surface area contributed by atoms with Crippen LogP contribution in [0.5, 0.6) is 0 Å². The number of alkyl halides is 1. The molecular weight excluding hydrogens is 314 g/mol. The van der Waals surface area contributed by atoms with Gasteiger partial charge in [-0.3, -0.25) is 14.9 Å². The van der Waals surface area contributed by atoms with Gasteiger partial charge in [-0.05, 0) is 18.1 Å². The summed E-state index contributed by atoms with van der Waals surface area (Å²) in [7, 11) is 0. The van der Waals surface area contributed by atoms with Crippen molar-refractivity contribution < 1.29 is 9.72 Å². The van der Waals surface area contributed by atoms with Crippen LogP contribution in [-0.2, 0) is 4.79 Å². The monoisotopic (exact) mass is 325 g/mol. The summed E-state index contributed by atoms with van der Waals surface area (Å²) in [6, 6.07) is 5.72. The molecule has 0 bridgehead atoms. The van der Waals surface area contributed by atoms with E-state index < -0.39 is 9.75 Å². The number of carbonyl (C=O) groups excluding carboxylic acids is 1. The third-order valence-electron chi connectivity index (χ3n) is 2.42. The van der Waals surface area contributed by atoms with Crippen molar-refractivity contribution in [3.63, 3.8) is 0 Å². The maximum atomic E-state index is 11.8. The summed E-state index contributed by atoms with van der Waals surface area (Å²) in [6.07, 6.45) is 0. The molecular formula is C12H12BrN3O3. The third-order valence-corrected chi connectivity index (χ3v) is 3.89. The van der Waals surface area contributed by atoms with Gasteiger partial charge in [-0.1, -0.05) is 29.8 Å². The first-order valence-electron chi connectivity index (χ1n) is 5.50. The van der Waals surface area contributed by atoms with E-state index in [0.717, 1.165) is 6.07 Å². The maximum Gasteiger partial charge on any atom is 0.294 e. The fourth-order valence-electron chi connectivity index (χ4n) is 1.36. The predicted molar refractivity (Wildman–Crippen MR) is 74.0 cm³/mol. The lowest BCUT2D eigenvalue weighted by Crippen LogP contribution is -2.27. The zero-order valence-corrected chi connectivity index (χ0v) is 12.0. The van der Waals surface area contributed by atoms with Crippen molar-refractivity contribution in [3.8, 4) is 6.07 Å². The molecule has 0 saturated carbocycles. The average molecular weight is 326 g/mol. The summed E-state index contributed by atoms with van der Waals surface area (Å²) in [5.74, 6) is -0.305. The summed E-state index contributed by atoms with van der Waals surface area (Å²) in [5.41, 5.74) is -0.0427. The first-order chi connectivity index (χ1) is 8.86. The Balaban J connectivity index is 3.05. The van der Waals surface area contributed by atoms with Gasteiger partial charge in [-0.25, -0.2) is 0 Å². The molecule has 0 aromatic heterocycles. The van der Waals surface area contributed by atoms with E-state index in [1.54, 1.807) is 0 Å². The molecule has 19 heavy (non-hydrogen) atoms. The number of benzene rings is 1. The van der Waals surface area contributed by atoms with Crippen LogP contribution in [0.1, 0.15) is 19.4 Å². The summed E-state index contributed by atoms with van der Waals surface area (Å²) in [4.78, 5) is 21.7. The van der Waals surface area contributed by atoms with Crippen molar-refractivity contribution in [2.45, 2.75) is 18.7 Å². The first kappa shape index (κ1) is 15.1. The number of nitrogens with zero attached hydrogens (tertiary/aromatic N) is 2. The number of amides is 1. The highest BCUT2D eigenvalue weighted by Gasteiger charge is 2.22. The number of nitrogens with one attached hydrogen (secondary N) is 1. The molecule has 1 atom stereocenters. The number of hydrogen-bond acceptors (Lipinski definition) is 4. The van der Waals surface area contributed by atoms with Gasteiger partial charge in [-0.15, -0.1) is 0 Å². The number of halogens is 1. The van der Waals surface area contributed by atoms with E-state index >= 15 is 0 Å². The van der Waals surface area contributed by atoms with E-state index in [9.17, 15) is 14.9 Å². The first-order valence-corrected chi connectivity index (χ1v) is 6.42. The molecule has 1 unspecified atom stereocenters. The predicted octanol–water partition coefficient (Wildman–Crippen LogP) is 2.82. The topological polar surface area (TPSA) is 96.0 Å². The van der Waals surface area contributed by atoms with Crippen molar-refractivity contribution >= 4 is 33.2 Å². The lowest BCUT2D eigenvalue weighted by atomic mass is 10.1. The molecule has 7 heteroatoms. The largest absolute Gasteiger partial charge is 0.319 e. The van der Waals surface area contributed by atoms with Crippen molar-refractivity contribution in [3.05, 3.63) is 33.9 Å². The molecule has 0 radical (unpaired) electrons. The molecule has 0 aliphatic carbocycles. The van der Waals surface area contributed by atoms with Gasteiger partial charge in [0.15, 0.2) is 0 Å². The fourth-order valence-corrected chi connectivity index (χ4v) is 1.48. The van der Waals surface area contributed by atoms with Crippen LogP contribution in [0, 0.1) is 27.4 Å². The van der Waals surface area contributed by atoms with Gasteiger partial charge >= 0.3 is 0 Å². The minimum Gasteiger partial charge on any atom is -0.319 e. The Morgan fingerprint density at radius 2 is 2.16 bits per heavy atom. The van der Waals surface area contributed by atoms with E-state index in [4.69, 9.17) is 5.26 Å².